The maximum Gasteiger partial charge on any atom is 0.339 e. The summed E-state index contributed by atoms with van der Waals surface area (Å²) >= 11 is 0. The molecule has 6 nitrogen and oxygen atoms in total. The standard InChI is InChI=1S/C13H7F2NO5/c14-8-4-2-6-10(11(8)15)21-12-7(13(17)18)3-1-5-9(12)16(19)20/h1-6H,(H,17,18). The van der Waals surface area contributed by atoms with Crippen LogP contribution in [0.15, 0.2) is 36.4 Å². The third-order valence-electron chi connectivity index (χ3n) is 2.55. The second kappa shape index (κ2) is 5.53. The first kappa shape index (κ1) is 14.4. The van der Waals surface area contributed by atoms with Gasteiger partial charge in [0.2, 0.25) is 11.6 Å². The Morgan fingerprint density at radius 2 is 1.86 bits per heavy atom. The molecule has 2 rings (SSSR count). The summed E-state index contributed by atoms with van der Waals surface area (Å²) in [7, 11) is 0. The van der Waals surface area contributed by atoms with E-state index >= 15 is 0 Å². The van der Waals surface area contributed by atoms with E-state index in [1.54, 1.807) is 0 Å². The number of ether oxygens (including phenoxy) is 1. The van der Waals surface area contributed by atoms with E-state index in [0.29, 0.717) is 0 Å². The van der Waals surface area contributed by atoms with Crippen LogP contribution in [0.5, 0.6) is 11.5 Å². The number of rotatable bonds is 4. The maximum atomic E-state index is 13.5. The minimum Gasteiger partial charge on any atom is -0.478 e. The van der Waals surface area contributed by atoms with Crippen LogP contribution in [0.1, 0.15) is 10.4 Å². The van der Waals surface area contributed by atoms with Crippen LogP contribution in [0.2, 0.25) is 0 Å². The molecule has 2 aromatic rings. The van der Waals surface area contributed by atoms with E-state index in [4.69, 9.17) is 9.84 Å². The molecular weight excluding hydrogens is 288 g/mol. The quantitative estimate of drug-likeness (QED) is 0.690. The zero-order chi connectivity index (χ0) is 15.6. The summed E-state index contributed by atoms with van der Waals surface area (Å²) < 4.78 is 31.6. The van der Waals surface area contributed by atoms with Gasteiger partial charge >= 0.3 is 11.7 Å². The smallest absolute Gasteiger partial charge is 0.339 e. The minimum atomic E-state index is -1.49. The molecule has 0 bridgehead atoms. The van der Waals surface area contributed by atoms with E-state index < -0.39 is 45.3 Å². The van der Waals surface area contributed by atoms with Crippen LogP contribution in [0, 0.1) is 21.7 Å². The zero-order valence-corrected chi connectivity index (χ0v) is 10.2. The average molecular weight is 295 g/mol. The van der Waals surface area contributed by atoms with Gasteiger partial charge in [-0.25, -0.2) is 9.18 Å². The van der Waals surface area contributed by atoms with Crippen LogP contribution in [-0.4, -0.2) is 16.0 Å². The van der Waals surface area contributed by atoms with Gasteiger partial charge in [-0.2, -0.15) is 4.39 Å². The molecule has 108 valence electrons. The molecule has 0 saturated carbocycles. The number of para-hydroxylation sites is 1. The molecule has 0 aliphatic heterocycles. The molecule has 8 heteroatoms. The van der Waals surface area contributed by atoms with Gasteiger partial charge in [0.05, 0.1) is 4.92 Å². The van der Waals surface area contributed by atoms with Crippen molar-refractivity contribution in [1.29, 1.82) is 0 Å². The van der Waals surface area contributed by atoms with E-state index in [2.05, 4.69) is 0 Å². The Kier molecular flexibility index (Phi) is 3.79. The summed E-state index contributed by atoms with van der Waals surface area (Å²) in [5.74, 6) is -5.40. The molecule has 0 spiro atoms. The molecule has 0 aromatic heterocycles. The van der Waals surface area contributed by atoms with E-state index in [0.717, 1.165) is 36.4 Å². The van der Waals surface area contributed by atoms with Crippen molar-refractivity contribution in [1.82, 2.24) is 0 Å². The number of nitrogens with zero attached hydrogens (tertiary/aromatic N) is 1. The Morgan fingerprint density at radius 3 is 2.48 bits per heavy atom. The first-order valence-corrected chi connectivity index (χ1v) is 5.54. The number of halogens is 2. The Hall–Kier alpha value is -3.03. The number of carboxylic acids is 1. The third-order valence-corrected chi connectivity index (χ3v) is 2.55. The summed E-state index contributed by atoms with van der Waals surface area (Å²) in [6.07, 6.45) is 0. The van der Waals surface area contributed by atoms with Crippen molar-refractivity contribution < 1.29 is 28.3 Å². The fraction of sp³-hybridized carbons (Fsp3) is 0. The van der Waals surface area contributed by atoms with Crippen LogP contribution < -0.4 is 4.74 Å². The Morgan fingerprint density at radius 1 is 1.19 bits per heavy atom. The van der Waals surface area contributed by atoms with E-state index in [1.807, 2.05) is 0 Å². The molecule has 0 amide bonds. The minimum absolute atomic E-state index is 0.534. The predicted octanol–water partition coefficient (Wildman–Crippen LogP) is 3.36. The van der Waals surface area contributed by atoms with Crippen molar-refractivity contribution in [3.05, 3.63) is 63.7 Å². The van der Waals surface area contributed by atoms with Gasteiger partial charge in [0.15, 0.2) is 11.6 Å². The Balaban J connectivity index is 2.59. The molecule has 2 aromatic carbocycles. The summed E-state index contributed by atoms with van der Waals surface area (Å²) in [4.78, 5) is 21.1. The fourth-order valence-corrected chi connectivity index (χ4v) is 1.62. The van der Waals surface area contributed by atoms with Crippen LogP contribution in [-0.2, 0) is 0 Å². The first-order valence-electron chi connectivity index (χ1n) is 5.54. The van der Waals surface area contributed by atoms with Crippen molar-refractivity contribution in [2.45, 2.75) is 0 Å². The van der Waals surface area contributed by atoms with Gasteiger partial charge in [0.1, 0.15) is 5.56 Å². The lowest BCUT2D eigenvalue weighted by atomic mass is 10.1. The van der Waals surface area contributed by atoms with Crippen molar-refractivity contribution in [3.63, 3.8) is 0 Å². The third kappa shape index (κ3) is 2.78. The number of benzene rings is 2. The highest BCUT2D eigenvalue weighted by molar-refractivity contribution is 5.92. The molecule has 21 heavy (non-hydrogen) atoms. The molecule has 0 aliphatic rings. The van der Waals surface area contributed by atoms with Gasteiger partial charge in [0.25, 0.3) is 0 Å². The van der Waals surface area contributed by atoms with E-state index in [1.165, 1.54) is 0 Å². The summed E-state index contributed by atoms with van der Waals surface area (Å²) in [5, 5.41) is 19.9. The summed E-state index contributed by atoms with van der Waals surface area (Å²) in [6, 6.07) is 6.20. The van der Waals surface area contributed by atoms with Crippen molar-refractivity contribution >= 4 is 11.7 Å². The largest absolute Gasteiger partial charge is 0.478 e. The molecule has 0 radical (unpaired) electrons. The van der Waals surface area contributed by atoms with Gasteiger partial charge in [-0.05, 0) is 18.2 Å². The number of hydrogen-bond acceptors (Lipinski definition) is 4. The Bertz CT molecular complexity index is 700. The fourth-order valence-electron chi connectivity index (χ4n) is 1.62. The molecule has 0 heterocycles. The summed E-state index contributed by atoms with van der Waals surface area (Å²) in [5.41, 5.74) is -1.20. The SMILES string of the molecule is O=C(O)c1cccc([N+](=O)[O-])c1Oc1cccc(F)c1F. The monoisotopic (exact) mass is 295 g/mol. The zero-order valence-electron chi connectivity index (χ0n) is 10.2. The number of nitro groups is 1. The lowest BCUT2D eigenvalue weighted by Crippen LogP contribution is -2.04. The van der Waals surface area contributed by atoms with Crippen molar-refractivity contribution in [2.75, 3.05) is 0 Å². The topological polar surface area (TPSA) is 89.7 Å². The van der Waals surface area contributed by atoms with Crippen molar-refractivity contribution in [2.24, 2.45) is 0 Å². The molecule has 1 N–H and O–H groups in total. The highest BCUT2D eigenvalue weighted by Gasteiger charge is 2.25. The van der Waals surface area contributed by atoms with Gasteiger partial charge in [0, 0.05) is 6.07 Å². The highest BCUT2D eigenvalue weighted by atomic mass is 19.2. The highest BCUT2D eigenvalue weighted by Crippen LogP contribution is 2.36. The van der Waals surface area contributed by atoms with Crippen LogP contribution >= 0.6 is 0 Å². The van der Waals surface area contributed by atoms with Gasteiger partial charge in [-0.3, -0.25) is 10.1 Å². The molecule has 0 fully saturated rings. The number of carbonyl (C=O) groups is 1. The molecule has 0 atom stereocenters. The van der Waals surface area contributed by atoms with Crippen LogP contribution in [0.25, 0.3) is 0 Å². The lowest BCUT2D eigenvalue weighted by Gasteiger charge is -2.10. The number of carboxylic acid groups (broad SMARTS) is 1. The average Bonchev–Trinajstić information content (AvgIpc) is 2.43. The second-order valence-electron chi connectivity index (χ2n) is 3.87. The van der Waals surface area contributed by atoms with Crippen LogP contribution in [0.4, 0.5) is 14.5 Å². The van der Waals surface area contributed by atoms with Crippen molar-refractivity contribution in [3.8, 4) is 11.5 Å². The molecular formula is C13H7F2NO5. The van der Waals surface area contributed by atoms with E-state index in [-0.39, 0.29) is 0 Å². The number of hydrogen-bond donors (Lipinski definition) is 1. The van der Waals surface area contributed by atoms with E-state index in [9.17, 15) is 23.7 Å². The second-order valence-corrected chi connectivity index (χ2v) is 3.87. The van der Waals surface area contributed by atoms with Gasteiger partial charge in [-0.15, -0.1) is 0 Å². The molecule has 0 aliphatic carbocycles. The molecule has 0 unspecified atom stereocenters. The lowest BCUT2D eigenvalue weighted by molar-refractivity contribution is -0.385. The van der Waals surface area contributed by atoms with Gasteiger partial charge in [-0.1, -0.05) is 12.1 Å². The molecule has 0 saturated heterocycles. The predicted molar refractivity (Wildman–Crippen MR) is 66.5 cm³/mol. The van der Waals surface area contributed by atoms with Crippen LogP contribution in [0.3, 0.4) is 0 Å². The first-order chi connectivity index (χ1) is 9.91. The number of nitro benzene ring substituents is 1. The summed E-state index contributed by atoms with van der Waals surface area (Å²) in [6.45, 7) is 0. The maximum absolute atomic E-state index is 13.5. The number of aromatic carboxylic acids is 1. The normalized spacial score (nSPS) is 10.2. The Labute approximate surface area is 116 Å². The van der Waals surface area contributed by atoms with Gasteiger partial charge < -0.3 is 9.84 Å².